The monoisotopic (exact) mass is 317 g/mol. The Labute approximate surface area is 138 Å². The first kappa shape index (κ1) is 17.5. The molecule has 126 valence electrons. The van der Waals surface area contributed by atoms with E-state index >= 15 is 0 Å². The van der Waals surface area contributed by atoms with Crippen molar-refractivity contribution in [1.82, 2.24) is 5.32 Å². The van der Waals surface area contributed by atoms with Gasteiger partial charge in [-0.2, -0.15) is 0 Å². The summed E-state index contributed by atoms with van der Waals surface area (Å²) < 4.78 is 0. The highest BCUT2D eigenvalue weighted by Crippen LogP contribution is 2.21. The van der Waals surface area contributed by atoms with Crippen molar-refractivity contribution in [2.24, 2.45) is 11.1 Å². The van der Waals surface area contributed by atoms with E-state index < -0.39 is 6.04 Å². The molecule has 1 aromatic carbocycles. The van der Waals surface area contributed by atoms with E-state index in [1.165, 1.54) is 0 Å². The number of amides is 2. The molecule has 0 saturated carbocycles. The summed E-state index contributed by atoms with van der Waals surface area (Å²) in [6.07, 6.45) is 2.66. The van der Waals surface area contributed by atoms with Crippen LogP contribution in [0.15, 0.2) is 24.3 Å². The van der Waals surface area contributed by atoms with Gasteiger partial charge in [-0.25, -0.2) is 0 Å². The second kappa shape index (κ2) is 7.13. The summed E-state index contributed by atoms with van der Waals surface area (Å²) in [5.41, 5.74) is 7.60. The van der Waals surface area contributed by atoms with Crippen LogP contribution >= 0.6 is 0 Å². The molecule has 0 aliphatic carbocycles. The molecule has 1 saturated heterocycles. The number of nitrogens with two attached hydrogens (primary N) is 1. The quantitative estimate of drug-likeness (QED) is 0.894. The van der Waals surface area contributed by atoms with Crippen molar-refractivity contribution in [2.75, 3.05) is 11.4 Å². The Bertz CT molecular complexity index is 561. The molecule has 23 heavy (non-hydrogen) atoms. The normalized spacial score (nSPS) is 17.0. The summed E-state index contributed by atoms with van der Waals surface area (Å²) in [6, 6.07) is 7.23. The minimum Gasteiger partial charge on any atom is -0.351 e. The van der Waals surface area contributed by atoms with Gasteiger partial charge in [0.1, 0.15) is 0 Å². The number of hydrogen-bond acceptors (Lipinski definition) is 3. The number of piperidine rings is 1. The lowest BCUT2D eigenvalue weighted by atomic mass is 9.87. The van der Waals surface area contributed by atoms with Crippen molar-refractivity contribution < 1.29 is 9.59 Å². The number of nitrogens with one attached hydrogen (secondary N) is 1. The lowest BCUT2D eigenvalue weighted by Gasteiger charge is -2.27. The van der Waals surface area contributed by atoms with Gasteiger partial charge in [-0.15, -0.1) is 0 Å². The first-order chi connectivity index (χ1) is 10.8. The van der Waals surface area contributed by atoms with E-state index in [0.717, 1.165) is 30.6 Å². The van der Waals surface area contributed by atoms with Crippen LogP contribution in [0.2, 0.25) is 0 Å². The van der Waals surface area contributed by atoms with Crippen molar-refractivity contribution in [3.05, 3.63) is 29.8 Å². The maximum absolute atomic E-state index is 12.0. The number of carbonyl (C=O) groups is 2. The third kappa shape index (κ3) is 4.55. The van der Waals surface area contributed by atoms with Crippen LogP contribution in [0.4, 0.5) is 5.69 Å². The number of nitrogens with zero attached hydrogens (tertiary/aromatic N) is 1. The fourth-order valence-electron chi connectivity index (χ4n) is 2.57. The zero-order chi connectivity index (χ0) is 17.0. The number of rotatable bonds is 4. The van der Waals surface area contributed by atoms with Gasteiger partial charge in [0.2, 0.25) is 11.8 Å². The minimum atomic E-state index is -0.534. The Kier molecular flexibility index (Phi) is 5.42. The average molecular weight is 317 g/mol. The SMILES string of the molecule is CC(C)(C)[C@H](N)C(=O)NCc1ccc(N2CCCCC2=O)cc1. The van der Waals surface area contributed by atoms with E-state index in [9.17, 15) is 9.59 Å². The maximum atomic E-state index is 12.0. The average Bonchev–Trinajstić information content (AvgIpc) is 2.52. The van der Waals surface area contributed by atoms with Crippen LogP contribution in [0.25, 0.3) is 0 Å². The summed E-state index contributed by atoms with van der Waals surface area (Å²) in [5.74, 6) is 0.0428. The van der Waals surface area contributed by atoms with Gasteiger partial charge in [0.25, 0.3) is 0 Å². The highest BCUT2D eigenvalue weighted by Gasteiger charge is 2.27. The highest BCUT2D eigenvalue weighted by atomic mass is 16.2. The predicted molar refractivity (Wildman–Crippen MR) is 91.9 cm³/mol. The molecule has 1 aromatic rings. The number of benzene rings is 1. The molecule has 0 spiro atoms. The van der Waals surface area contributed by atoms with Gasteiger partial charge in [-0.1, -0.05) is 32.9 Å². The van der Waals surface area contributed by atoms with Crippen LogP contribution in [0.3, 0.4) is 0 Å². The fraction of sp³-hybridized carbons (Fsp3) is 0.556. The lowest BCUT2D eigenvalue weighted by molar-refractivity contribution is -0.124. The molecule has 3 N–H and O–H groups in total. The van der Waals surface area contributed by atoms with Crippen molar-refractivity contribution in [3.8, 4) is 0 Å². The van der Waals surface area contributed by atoms with Gasteiger partial charge < -0.3 is 16.0 Å². The summed E-state index contributed by atoms with van der Waals surface area (Å²) in [4.78, 5) is 25.8. The van der Waals surface area contributed by atoms with Gasteiger partial charge in [0.05, 0.1) is 6.04 Å². The molecule has 5 nitrogen and oxygen atoms in total. The third-order valence-electron chi connectivity index (χ3n) is 4.25. The molecule has 5 heteroatoms. The molecule has 1 aliphatic heterocycles. The van der Waals surface area contributed by atoms with E-state index in [-0.39, 0.29) is 17.2 Å². The van der Waals surface area contributed by atoms with Crippen molar-refractivity contribution in [3.63, 3.8) is 0 Å². The minimum absolute atomic E-state index is 0.146. The fourth-order valence-corrected chi connectivity index (χ4v) is 2.57. The second-order valence-corrected chi connectivity index (χ2v) is 7.23. The molecule has 1 aliphatic rings. The zero-order valence-electron chi connectivity index (χ0n) is 14.3. The molecule has 1 atom stereocenters. The Hall–Kier alpha value is -1.88. The summed E-state index contributed by atoms with van der Waals surface area (Å²) in [5, 5.41) is 2.87. The lowest BCUT2D eigenvalue weighted by Crippen LogP contribution is -2.48. The number of hydrogen-bond donors (Lipinski definition) is 2. The van der Waals surface area contributed by atoms with Gasteiger partial charge >= 0.3 is 0 Å². The molecule has 0 bridgehead atoms. The summed E-state index contributed by atoms with van der Waals surface area (Å²) in [6.45, 7) is 7.07. The van der Waals surface area contributed by atoms with Crippen molar-refractivity contribution in [2.45, 2.75) is 52.6 Å². The molecular weight excluding hydrogens is 290 g/mol. The van der Waals surface area contributed by atoms with Crippen molar-refractivity contribution >= 4 is 17.5 Å². The standard InChI is InChI=1S/C18H27N3O2/c1-18(2,3)16(19)17(23)20-12-13-7-9-14(10-8-13)21-11-5-4-6-15(21)22/h7-10,16H,4-6,11-12,19H2,1-3H3,(H,20,23)/t16-/m1/s1. The molecule has 1 fully saturated rings. The highest BCUT2D eigenvalue weighted by molar-refractivity contribution is 5.93. The molecule has 2 amide bonds. The van der Waals surface area contributed by atoms with Crippen LogP contribution in [-0.4, -0.2) is 24.4 Å². The van der Waals surface area contributed by atoms with Crippen LogP contribution in [0.1, 0.15) is 45.6 Å². The zero-order valence-corrected chi connectivity index (χ0v) is 14.3. The molecular formula is C18H27N3O2. The Balaban J connectivity index is 1.93. The van der Waals surface area contributed by atoms with Crippen LogP contribution in [0, 0.1) is 5.41 Å². The van der Waals surface area contributed by atoms with Gasteiger partial charge in [0.15, 0.2) is 0 Å². The summed E-state index contributed by atoms with van der Waals surface area (Å²) in [7, 11) is 0. The van der Waals surface area contributed by atoms with Gasteiger partial charge in [-0.3, -0.25) is 9.59 Å². The smallest absolute Gasteiger partial charge is 0.237 e. The molecule has 2 rings (SSSR count). The van der Waals surface area contributed by atoms with E-state index in [0.29, 0.717) is 13.0 Å². The molecule has 0 aromatic heterocycles. The first-order valence-corrected chi connectivity index (χ1v) is 8.21. The largest absolute Gasteiger partial charge is 0.351 e. The Morgan fingerprint density at radius 3 is 2.48 bits per heavy atom. The number of carbonyl (C=O) groups excluding carboxylic acids is 2. The van der Waals surface area contributed by atoms with Crippen LogP contribution in [0.5, 0.6) is 0 Å². The van der Waals surface area contributed by atoms with Gasteiger partial charge in [-0.05, 0) is 36.0 Å². The topological polar surface area (TPSA) is 75.4 Å². The molecule has 1 heterocycles. The Morgan fingerprint density at radius 2 is 1.91 bits per heavy atom. The van der Waals surface area contributed by atoms with E-state index in [1.807, 2.05) is 49.9 Å². The molecule has 0 radical (unpaired) electrons. The first-order valence-electron chi connectivity index (χ1n) is 8.21. The Morgan fingerprint density at radius 1 is 1.26 bits per heavy atom. The van der Waals surface area contributed by atoms with Crippen LogP contribution in [-0.2, 0) is 16.1 Å². The van der Waals surface area contributed by atoms with Crippen molar-refractivity contribution in [1.29, 1.82) is 0 Å². The maximum Gasteiger partial charge on any atom is 0.237 e. The second-order valence-electron chi connectivity index (χ2n) is 7.23. The predicted octanol–water partition coefficient (Wildman–Crippen LogP) is 2.19. The third-order valence-corrected chi connectivity index (χ3v) is 4.25. The van der Waals surface area contributed by atoms with Crippen LogP contribution < -0.4 is 16.0 Å². The van der Waals surface area contributed by atoms with E-state index in [2.05, 4.69) is 5.32 Å². The number of anilines is 1. The summed E-state index contributed by atoms with van der Waals surface area (Å²) >= 11 is 0. The molecule has 0 unspecified atom stereocenters. The van der Waals surface area contributed by atoms with E-state index in [1.54, 1.807) is 0 Å². The van der Waals surface area contributed by atoms with Gasteiger partial charge in [0, 0.05) is 25.2 Å². The van der Waals surface area contributed by atoms with E-state index in [4.69, 9.17) is 5.73 Å².